The molecule has 108 valence electrons. The molecule has 1 saturated heterocycles. The second-order valence-corrected chi connectivity index (χ2v) is 7.30. The number of hydrogen-bond donors (Lipinski definition) is 0. The molecule has 0 aliphatic carbocycles. The van der Waals surface area contributed by atoms with Crippen molar-refractivity contribution in [3.8, 4) is 0 Å². The average Bonchev–Trinajstić information content (AvgIpc) is 2.26. The van der Waals surface area contributed by atoms with Crippen LogP contribution >= 0.6 is 0 Å². The Balaban J connectivity index is 2.52. The van der Waals surface area contributed by atoms with Gasteiger partial charge in [0, 0.05) is 13.1 Å². The van der Waals surface area contributed by atoms with E-state index in [9.17, 15) is 21.6 Å². The van der Waals surface area contributed by atoms with Crippen molar-refractivity contribution in [1.29, 1.82) is 0 Å². The van der Waals surface area contributed by atoms with Gasteiger partial charge in [-0.05, 0) is 25.2 Å². The minimum absolute atomic E-state index is 0.00932. The number of sulfonamides is 1. The molecular formula is C11H20F3NO2S. The quantitative estimate of drug-likeness (QED) is 0.797. The topological polar surface area (TPSA) is 37.4 Å². The number of alkyl halides is 3. The van der Waals surface area contributed by atoms with E-state index in [0.717, 1.165) is 0 Å². The smallest absolute Gasteiger partial charge is 0.212 e. The summed E-state index contributed by atoms with van der Waals surface area (Å²) in [5.74, 6) is -1.05. The van der Waals surface area contributed by atoms with Crippen LogP contribution in [0.1, 0.15) is 33.1 Å². The fourth-order valence-electron chi connectivity index (χ4n) is 1.98. The van der Waals surface area contributed by atoms with E-state index in [1.54, 1.807) is 0 Å². The van der Waals surface area contributed by atoms with Gasteiger partial charge in [0.15, 0.2) is 0 Å². The Morgan fingerprint density at radius 1 is 1.22 bits per heavy atom. The molecule has 1 aliphatic rings. The van der Waals surface area contributed by atoms with Crippen molar-refractivity contribution in [2.45, 2.75) is 39.3 Å². The maximum atomic E-state index is 12.5. The van der Waals surface area contributed by atoms with Gasteiger partial charge in [-0.3, -0.25) is 0 Å². The largest absolute Gasteiger partial charge is 0.391 e. The van der Waals surface area contributed by atoms with Crippen molar-refractivity contribution in [2.75, 3.05) is 18.8 Å². The molecule has 0 saturated carbocycles. The highest BCUT2D eigenvalue weighted by atomic mass is 32.2. The van der Waals surface area contributed by atoms with Crippen LogP contribution in [0.2, 0.25) is 0 Å². The Labute approximate surface area is 106 Å². The molecule has 1 heterocycles. The van der Waals surface area contributed by atoms with Crippen LogP contribution in [-0.2, 0) is 10.0 Å². The summed E-state index contributed by atoms with van der Waals surface area (Å²) in [6, 6.07) is 0. The number of piperidine rings is 1. The Morgan fingerprint density at radius 3 is 2.11 bits per heavy atom. The van der Waals surface area contributed by atoms with Crippen molar-refractivity contribution in [3.63, 3.8) is 0 Å². The molecule has 0 atom stereocenters. The summed E-state index contributed by atoms with van der Waals surface area (Å²) in [6.07, 6.45) is -3.90. The van der Waals surface area contributed by atoms with Gasteiger partial charge in [-0.15, -0.1) is 0 Å². The third kappa shape index (κ3) is 4.42. The van der Waals surface area contributed by atoms with E-state index >= 15 is 0 Å². The lowest BCUT2D eigenvalue weighted by molar-refractivity contribution is -0.182. The molecule has 0 aromatic carbocycles. The van der Waals surface area contributed by atoms with Crippen LogP contribution in [0, 0.1) is 11.8 Å². The Kier molecular flexibility index (Phi) is 5.05. The zero-order valence-electron chi connectivity index (χ0n) is 10.7. The van der Waals surface area contributed by atoms with Gasteiger partial charge in [0.2, 0.25) is 10.0 Å². The molecule has 1 aliphatic heterocycles. The van der Waals surface area contributed by atoms with E-state index in [0.29, 0.717) is 6.42 Å². The van der Waals surface area contributed by atoms with Crippen LogP contribution in [0.4, 0.5) is 13.2 Å². The lowest BCUT2D eigenvalue weighted by Crippen LogP contribution is -2.43. The van der Waals surface area contributed by atoms with Crippen LogP contribution < -0.4 is 0 Å². The average molecular weight is 287 g/mol. The number of nitrogens with zero attached hydrogens (tertiary/aromatic N) is 1. The summed E-state index contributed by atoms with van der Waals surface area (Å²) in [6.45, 7) is 3.83. The van der Waals surface area contributed by atoms with Gasteiger partial charge in [0.05, 0.1) is 11.7 Å². The molecular weight excluding hydrogens is 267 g/mol. The summed E-state index contributed by atoms with van der Waals surface area (Å²) < 4.78 is 62.3. The van der Waals surface area contributed by atoms with Crippen molar-refractivity contribution in [2.24, 2.45) is 11.8 Å². The Hall–Kier alpha value is -0.300. The maximum absolute atomic E-state index is 12.5. The monoisotopic (exact) mass is 287 g/mol. The van der Waals surface area contributed by atoms with Gasteiger partial charge < -0.3 is 0 Å². The fraction of sp³-hybridized carbons (Fsp3) is 1.00. The summed E-state index contributed by atoms with van der Waals surface area (Å²) in [5.41, 5.74) is 0. The number of rotatable bonds is 4. The molecule has 0 aromatic rings. The van der Waals surface area contributed by atoms with Gasteiger partial charge in [-0.1, -0.05) is 13.8 Å². The first-order chi connectivity index (χ1) is 8.13. The van der Waals surface area contributed by atoms with Crippen molar-refractivity contribution in [3.05, 3.63) is 0 Å². The van der Waals surface area contributed by atoms with Crippen LogP contribution in [0.5, 0.6) is 0 Å². The molecule has 0 amide bonds. The molecule has 0 spiro atoms. The van der Waals surface area contributed by atoms with Crippen LogP contribution in [-0.4, -0.2) is 37.7 Å². The second kappa shape index (κ2) is 5.77. The standard InChI is InChI=1S/C11H20F3NO2S/c1-9(2)5-8-18(16,17)15-6-3-10(4-7-15)11(12,13)14/h9-10H,3-8H2,1-2H3. The van der Waals surface area contributed by atoms with Crippen LogP contribution in [0.25, 0.3) is 0 Å². The summed E-state index contributed by atoms with van der Waals surface area (Å²) >= 11 is 0. The van der Waals surface area contributed by atoms with Gasteiger partial charge in [0.1, 0.15) is 0 Å². The molecule has 0 unspecified atom stereocenters. The Bertz CT molecular complexity index is 357. The van der Waals surface area contributed by atoms with Gasteiger partial charge >= 0.3 is 6.18 Å². The Morgan fingerprint density at radius 2 is 1.72 bits per heavy atom. The first-order valence-electron chi connectivity index (χ1n) is 6.17. The van der Waals surface area contributed by atoms with Gasteiger partial charge in [0.25, 0.3) is 0 Å². The molecule has 18 heavy (non-hydrogen) atoms. The van der Waals surface area contributed by atoms with Crippen LogP contribution in [0.15, 0.2) is 0 Å². The molecule has 0 N–H and O–H groups in total. The van der Waals surface area contributed by atoms with Crippen molar-refractivity contribution in [1.82, 2.24) is 4.31 Å². The van der Waals surface area contributed by atoms with E-state index in [4.69, 9.17) is 0 Å². The fourth-order valence-corrected chi connectivity index (χ4v) is 3.77. The predicted octanol–water partition coefficient (Wildman–Crippen LogP) is 2.64. The summed E-state index contributed by atoms with van der Waals surface area (Å²) in [7, 11) is -3.38. The summed E-state index contributed by atoms with van der Waals surface area (Å²) in [5, 5.41) is 0. The molecule has 1 rings (SSSR count). The molecule has 0 aromatic heterocycles. The molecule has 1 fully saturated rings. The zero-order valence-corrected chi connectivity index (χ0v) is 11.5. The number of halogens is 3. The second-order valence-electron chi connectivity index (χ2n) is 5.21. The molecule has 3 nitrogen and oxygen atoms in total. The predicted molar refractivity (Wildman–Crippen MR) is 63.6 cm³/mol. The molecule has 0 bridgehead atoms. The highest BCUT2D eigenvalue weighted by Gasteiger charge is 2.42. The molecule has 0 radical (unpaired) electrons. The lowest BCUT2D eigenvalue weighted by Gasteiger charge is -2.32. The first kappa shape index (κ1) is 15.8. The van der Waals surface area contributed by atoms with Crippen molar-refractivity contribution < 1.29 is 21.6 Å². The third-order valence-electron chi connectivity index (χ3n) is 3.26. The third-order valence-corrected chi connectivity index (χ3v) is 5.17. The zero-order chi connectivity index (χ0) is 14.0. The minimum Gasteiger partial charge on any atom is -0.212 e. The first-order valence-corrected chi connectivity index (χ1v) is 7.78. The lowest BCUT2D eigenvalue weighted by atomic mass is 9.98. The highest BCUT2D eigenvalue weighted by Crippen LogP contribution is 2.34. The van der Waals surface area contributed by atoms with E-state index in [2.05, 4.69) is 0 Å². The summed E-state index contributed by atoms with van der Waals surface area (Å²) in [4.78, 5) is 0. The van der Waals surface area contributed by atoms with Gasteiger partial charge in [-0.25, -0.2) is 12.7 Å². The number of hydrogen-bond acceptors (Lipinski definition) is 2. The van der Waals surface area contributed by atoms with Gasteiger partial charge in [-0.2, -0.15) is 13.2 Å². The van der Waals surface area contributed by atoms with Crippen LogP contribution in [0.3, 0.4) is 0 Å². The minimum atomic E-state index is -4.20. The molecule has 7 heteroatoms. The maximum Gasteiger partial charge on any atom is 0.391 e. The van der Waals surface area contributed by atoms with E-state index < -0.39 is 22.1 Å². The highest BCUT2D eigenvalue weighted by molar-refractivity contribution is 7.89. The normalized spacial score (nSPS) is 20.6. The SMILES string of the molecule is CC(C)CCS(=O)(=O)N1CCC(C(F)(F)F)CC1. The van der Waals surface area contributed by atoms with Crippen molar-refractivity contribution >= 4 is 10.0 Å². The van der Waals surface area contributed by atoms with E-state index in [1.165, 1.54) is 4.31 Å². The van der Waals surface area contributed by atoms with E-state index in [1.807, 2.05) is 13.8 Å². The van der Waals surface area contributed by atoms with E-state index in [-0.39, 0.29) is 37.6 Å².